The van der Waals surface area contributed by atoms with E-state index >= 15 is 0 Å². The topological polar surface area (TPSA) is 23.5 Å². The van der Waals surface area contributed by atoms with Crippen LogP contribution in [0.4, 0.5) is 8.78 Å². The van der Waals surface area contributed by atoms with Crippen LogP contribution in [-0.2, 0) is 0 Å². The maximum absolute atomic E-state index is 12.4. The smallest absolute Gasteiger partial charge is 0.251 e. The van der Waals surface area contributed by atoms with Crippen molar-refractivity contribution in [3.8, 4) is 0 Å². The molecule has 1 rings (SSSR count). The molecule has 0 bridgehead atoms. The maximum atomic E-state index is 12.4. The Balaban J connectivity index is 2.72. The number of halogens is 3. The maximum Gasteiger partial charge on any atom is 0.251 e. The molecule has 1 N–H and O–H groups in total. The number of benzene rings is 1. The first kappa shape index (κ1) is 15.3. The molecule has 0 heterocycles. The van der Waals surface area contributed by atoms with E-state index < -0.39 is 12.5 Å². The van der Waals surface area contributed by atoms with Gasteiger partial charge in [-0.25, -0.2) is 8.78 Å². The summed E-state index contributed by atoms with van der Waals surface area (Å²) in [5.74, 6) is 0. The van der Waals surface area contributed by atoms with Crippen LogP contribution in [-0.4, -0.2) is 35.6 Å². The molecular weight excluding hydrogens is 260 g/mol. The molecular formula is C13H18ClF2NO. The number of rotatable bonds is 6. The minimum absolute atomic E-state index is 0.0591. The molecule has 1 atom stereocenters. The average molecular weight is 278 g/mol. The summed E-state index contributed by atoms with van der Waals surface area (Å²) in [6.07, 6.45) is -3.27. The lowest BCUT2D eigenvalue weighted by Gasteiger charge is -2.28. The van der Waals surface area contributed by atoms with Crippen molar-refractivity contribution < 1.29 is 13.9 Å². The fourth-order valence-electron chi connectivity index (χ4n) is 1.74. The van der Waals surface area contributed by atoms with Gasteiger partial charge < -0.3 is 5.11 Å². The van der Waals surface area contributed by atoms with Gasteiger partial charge in [0.25, 0.3) is 6.43 Å². The molecule has 0 saturated carbocycles. The second-order valence-electron chi connectivity index (χ2n) is 4.48. The lowest BCUT2D eigenvalue weighted by atomic mass is 10.1. The molecule has 1 aromatic carbocycles. The predicted molar refractivity (Wildman–Crippen MR) is 69.1 cm³/mol. The van der Waals surface area contributed by atoms with Crippen LogP contribution in [0.15, 0.2) is 24.3 Å². The van der Waals surface area contributed by atoms with Crippen molar-refractivity contribution in [3.05, 3.63) is 34.9 Å². The van der Waals surface area contributed by atoms with Crippen molar-refractivity contribution in [2.45, 2.75) is 32.4 Å². The number of hydrogen-bond acceptors (Lipinski definition) is 2. The first-order chi connectivity index (χ1) is 8.41. The molecule has 102 valence electrons. The summed E-state index contributed by atoms with van der Waals surface area (Å²) in [5, 5.41) is 10.5. The zero-order valence-corrected chi connectivity index (χ0v) is 11.2. The van der Waals surface area contributed by atoms with E-state index in [0.29, 0.717) is 10.6 Å². The standard InChI is InChI=1S/C13H18ClF2NO/c1-9(2)17(8-13(15)16)7-12(18)10-5-3-4-6-11(10)14/h3-6,9,12-13,18H,7-8H2,1-2H3. The Labute approximate surface area is 111 Å². The van der Waals surface area contributed by atoms with Gasteiger partial charge in [0, 0.05) is 23.2 Å². The number of aliphatic hydroxyl groups is 1. The van der Waals surface area contributed by atoms with Gasteiger partial charge in [-0.2, -0.15) is 0 Å². The Kier molecular flexibility index (Phi) is 5.99. The van der Waals surface area contributed by atoms with Gasteiger partial charge in [-0.15, -0.1) is 0 Å². The summed E-state index contributed by atoms with van der Waals surface area (Å²) >= 11 is 5.96. The highest BCUT2D eigenvalue weighted by atomic mass is 35.5. The van der Waals surface area contributed by atoms with E-state index in [1.165, 1.54) is 0 Å². The first-order valence-corrected chi connectivity index (χ1v) is 6.24. The van der Waals surface area contributed by atoms with Crippen molar-refractivity contribution in [1.29, 1.82) is 0 Å². The van der Waals surface area contributed by atoms with Crippen molar-refractivity contribution in [1.82, 2.24) is 4.90 Å². The SMILES string of the molecule is CC(C)N(CC(F)F)CC(O)c1ccccc1Cl. The summed E-state index contributed by atoms with van der Waals surface area (Å²) in [7, 11) is 0. The van der Waals surface area contributed by atoms with Crippen molar-refractivity contribution in [2.75, 3.05) is 13.1 Å². The highest BCUT2D eigenvalue weighted by Gasteiger charge is 2.20. The summed E-state index contributed by atoms with van der Waals surface area (Å²) in [4.78, 5) is 1.54. The fraction of sp³-hybridized carbons (Fsp3) is 0.538. The number of hydrogen-bond donors (Lipinski definition) is 1. The van der Waals surface area contributed by atoms with Gasteiger partial charge in [0.2, 0.25) is 0 Å². The van der Waals surface area contributed by atoms with Crippen LogP contribution in [0.1, 0.15) is 25.5 Å². The minimum Gasteiger partial charge on any atom is -0.387 e. The minimum atomic E-state index is -2.41. The van der Waals surface area contributed by atoms with Crippen LogP contribution >= 0.6 is 11.6 Å². The Morgan fingerprint density at radius 2 is 1.83 bits per heavy atom. The average Bonchev–Trinajstić information content (AvgIpc) is 2.27. The van der Waals surface area contributed by atoms with E-state index in [-0.39, 0.29) is 19.1 Å². The molecule has 0 amide bonds. The van der Waals surface area contributed by atoms with Gasteiger partial charge in [-0.05, 0) is 19.9 Å². The summed E-state index contributed by atoms with van der Waals surface area (Å²) in [6.45, 7) is 3.44. The quantitative estimate of drug-likeness (QED) is 0.862. The van der Waals surface area contributed by atoms with Crippen LogP contribution in [0.5, 0.6) is 0 Å². The Hall–Kier alpha value is -0.710. The molecule has 0 radical (unpaired) electrons. The van der Waals surface area contributed by atoms with E-state index in [1.807, 2.05) is 13.8 Å². The molecule has 2 nitrogen and oxygen atoms in total. The zero-order chi connectivity index (χ0) is 13.7. The third-order valence-electron chi connectivity index (χ3n) is 2.77. The van der Waals surface area contributed by atoms with Crippen LogP contribution < -0.4 is 0 Å². The van der Waals surface area contributed by atoms with E-state index in [1.54, 1.807) is 29.2 Å². The Bertz CT molecular complexity index is 374. The normalized spacial score (nSPS) is 13.6. The first-order valence-electron chi connectivity index (χ1n) is 5.86. The summed E-state index contributed by atoms with van der Waals surface area (Å²) < 4.78 is 24.9. The van der Waals surface area contributed by atoms with Gasteiger partial charge in [0.1, 0.15) is 0 Å². The second-order valence-corrected chi connectivity index (χ2v) is 4.88. The number of aliphatic hydroxyl groups excluding tert-OH is 1. The van der Waals surface area contributed by atoms with Gasteiger partial charge in [0.05, 0.1) is 12.6 Å². The molecule has 1 unspecified atom stereocenters. The van der Waals surface area contributed by atoms with Crippen molar-refractivity contribution >= 4 is 11.6 Å². The Morgan fingerprint density at radius 3 is 2.33 bits per heavy atom. The van der Waals surface area contributed by atoms with Crippen LogP contribution in [0.25, 0.3) is 0 Å². The van der Waals surface area contributed by atoms with E-state index in [0.717, 1.165) is 0 Å². The molecule has 0 saturated heterocycles. The third-order valence-corrected chi connectivity index (χ3v) is 3.12. The van der Waals surface area contributed by atoms with E-state index in [9.17, 15) is 13.9 Å². The van der Waals surface area contributed by atoms with E-state index in [2.05, 4.69) is 0 Å². The van der Waals surface area contributed by atoms with Gasteiger partial charge in [-0.1, -0.05) is 29.8 Å². The van der Waals surface area contributed by atoms with Crippen LogP contribution in [0.2, 0.25) is 5.02 Å². The summed E-state index contributed by atoms with van der Waals surface area (Å²) in [6, 6.07) is 6.84. The molecule has 5 heteroatoms. The fourth-order valence-corrected chi connectivity index (χ4v) is 2.00. The molecule has 0 aliphatic rings. The highest BCUT2D eigenvalue weighted by Crippen LogP contribution is 2.24. The largest absolute Gasteiger partial charge is 0.387 e. The zero-order valence-electron chi connectivity index (χ0n) is 10.5. The van der Waals surface area contributed by atoms with Gasteiger partial charge in [-0.3, -0.25) is 4.90 Å². The summed E-state index contributed by atoms with van der Waals surface area (Å²) in [5.41, 5.74) is 0.569. The predicted octanol–water partition coefficient (Wildman–Crippen LogP) is 3.35. The second kappa shape index (κ2) is 7.02. The van der Waals surface area contributed by atoms with Gasteiger partial charge in [0.15, 0.2) is 0 Å². The molecule has 0 aliphatic heterocycles. The molecule has 0 aromatic heterocycles. The molecule has 0 spiro atoms. The lowest BCUT2D eigenvalue weighted by Crippen LogP contribution is -2.38. The number of alkyl halides is 2. The van der Waals surface area contributed by atoms with E-state index in [4.69, 9.17) is 11.6 Å². The van der Waals surface area contributed by atoms with Crippen LogP contribution in [0.3, 0.4) is 0 Å². The Morgan fingerprint density at radius 1 is 1.22 bits per heavy atom. The van der Waals surface area contributed by atoms with Crippen molar-refractivity contribution in [3.63, 3.8) is 0 Å². The monoisotopic (exact) mass is 277 g/mol. The number of nitrogens with zero attached hydrogens (tertiary/aromatic N) is 1. The van der Waals surface area contributed by atoms with Crippen molar-refractivity contribution in [2.24, 2.45) is 0 Å². The third kappa shape index (κ3) is 4.52. The molecule has 0 aliphatic carbocycles. The van der Waals surface area contributed by atoms with Crippen LogP contribution in [0, 0.1) is 0 Å². The molecule has 18 heavy (non-hydrogen) atoms. The lowest BCUT2D eigenvalue weighted by molar-refractivity contribution is 0.0391. The highest BCUT2D eigenvalue weighted by molar-refractivity contribution is 6.31. The molecule has 0 fully saturated rings. The molecule has 1 aromatic rings. The van der Waals surface area contributed by atoms with Gasteiger partial charge >= 0.3 is 0 Å².